The number of carbonyl (C=O) groups is 1. The molecular formula is C26H29FN4O3S2. The van der Waals surface area contributed by atoms with Crippen LogP contribution in [-0.4, -0.2) is 39.5 Å². The number of nitriles is 1. The van der Waals surface area contributed by atoms with Crippen LogP contribution in [0.5, 0.6) is 0 Å². The molecule has 1 aromatic heterocycles. The van der Waals surface area contributed by atoms with Crippen LogP contribution in [0.4, 0.5) is 10.2 Å². The van der Waals surface area contributed by atoms with Gasteiger partial charge in [0.25, 0.3) is 11.5 Å². The molecule has 2 heterocycles. The molecule has 1 amide bonds. The minimum absolute atomic E-state index is 0.0363. The van der Waals surface area contributed by atoms with Crippen molar-refractivity contribution in [3.8, 4) is 6.07 Å². The summed E-state index contributed by atoms with van der Waals surface area (Å²) in [5.41, 5.74) is 1.53. The molecule has 0 radical (unpaired) electrons. The van der Waals surface area contributed by atoms with E-state index in [0.29, 0.717) is 71.9 Å². The van der Waals surface area contributed by atoms with Crippen molar-refractivity contribution in [1.29, 1.82) is 5.26 Å². The first-order chi connectivity index (χ1) is 17.3. The number of aromatic nitrogens is 1. The number of pyridine rings is 1. The molecule has 1 N–H and O–H groups in total. The Hall–Kier alpha value is -3.00. The van der Waals surface area contributed by atoms with Crippen LogP contribution in [0, 0.1) is 24.1 Å². The summed E-state index contributed by atoms with van der Waals surface area (Å²) in [4.78, 5) is 28.3. The number of hydrogen-bond acceptors (Lipinski definition) is 7. The molecule has 0 aliphatic carbocycles. The van der Waals surface area contributed by atoms with Crippen molar-refractivity contribution in [2.75, 3.05) is 25.1 Å². The molecule has 190 valence electrons. The minimum atomic E-state index is -0.390. The Labute approximate surface area is 219 Å². The van der Waals surface area contributed by atoms with E-state index in [1.165, 1.54) is 28.5 Å². The molecule has 7 nitrogen and oxygen atoms in total. The number of rotatable bonds is 11. The summed E-state index contributed by atoms with van der Waals surface area (Å²) in [7, 11) is 0. The van der Waals surface area contributed by atoms with E-state index in [0.717, 1.165) is 5.56 Å². The second kappa shape index (κ2) is 12.8. The van der Waals surface area contributed by atoms with E-state index < -0.39 is 0 Å². The van der Waals surface area contributed by atoms with Crippen molar-refractivity contribution in [2.45, 2.75) is 46.7 Å². The van der Waals surface area contributed by atoms with Gasteiger partial charge >= 0.3 is 0 Å². The van der Waals surface area contributed by atoms with Gasteiger partial charge in [-0.25, -0.2) is 4.39 Å². The van der Waals surface area contributed by atoms with Gasteiger partial charge in [0.1, 0.15) is 27.6 Å². The third kappa shape index (κ3) is 6.22. The van der Waals surface area contributed by atoms with Crippen LogP contribution in [0.1, 0.15) is 48.9 Å². The lowest BCUT2D eigenvalue weighted by molar-refractivity contribution is -0.122. The fourth-order valence-electron chi connectivity index (χ4n) is 3.87. The molecule has 1 aliphatic rings. The summed E-state index contributed by atoms with van der Waals surface area (Å²) in [5.74, 6) is -0.0405. The van der Waals surface area contributed by atoms with E-state index in [1.807, 2.05) is 19.9 Å². The van der Waals surface area contributed by atoms with E-state index in [2.05, 4.69) is 5.32 Å². The van der Waals surface area contributed by atoms with Gasteiger partial charge in [0, 0.05) is 38.4 Å². The zero-order chi connectivity index (χ0) is 26.2. The number of ether oxygens (including phenoxy) is 1. The second-order valence-electron chi connectivity index (χ2n) is 8.19. The minimum Gasteiger partial charge on any atom is -0.382 e. The molecule has 0 spiro atoms. The average Bonchev–Trinajstić information content (AvgIpc) is 3.13. The lowest BCUT2D eigenvalue weighted by Gasteiger charge is -2.20. The maximum Gasteiger partial charge on any atom is 0.270 e. The number of thioether (sulfide) groups is 1. The van der Waals surface area contributed by atoms with Gasteiger partial charge in [0.2, 0.25) is 0 Å². The van der Waals surface area contributed by atoms with Gasteiger partial charge in [-0.1, -0.05) is 43.0 Å². The number of carbonyl (C=O) groups excluding carboxylic acids is 1. The zero-order valence-electron chi connectivity index (χ0n) is 20.6. The fraction of sp³-hybridized carbons (Fsp3) is 0.385. The SMILES string of the molecule is CCCn1c(NCc2ccc(F)cc2)c(/C=C2/SC(=S)N(CCCOCC)C2=O)c(C)c(C#N)c1=O. The van der Waals surface area contributed by atoms with Gasteiger partial charge in [0.05, 0.1) is 4.91 Å². The summed E-state index contributed by atoms with van der Waals surface area (Å²) < 4.78 is 20.7. The second-order valence-corrected chi connectivity index (χ2v) is 9.87. The van der Waals surface area contributed by atoms with E-state index in [9.17, 15) is 19.2 Å². The Morgan fingerprint density at radius 3 is 2.58 bits per heavy atom. The van der Waals surface area contributed by atoms with Crippen molar-refractivity contribution >= 4 is 46.1 Å². The normalized spacial score (nSPS) is 14.5. The number of anilines is 1. The average molecular weight is 529 g/mol. The first kappa shape index (κ1) is 27.6. The number of halogens is 1. The highest BCUT2D eigenvalue weighted by Gasteiger charge is 2.32. The van der Waals surface area contributed by atoms with Crippen molar-refractivity contribution in [2.24, 2.45) is 0 Å². The molecule has 1 saturated heterocycles. The standard InChI is InChI=1S/C26H29FN4O3S2/c1-4-11-30-23(29-16-18-7-9-19(27)10-8-18)20(17(3)21(15-28)24(30)32)14-22-25(33)31(26(35)36-22)12-6-13-34-5-2/h7-10,14,29H,4-6,11-13,16H2,1-3H3/b22-14+. The maximum absolute atomic E-state index is 13.4. The molecule has 0 unspecified atom stereocenters. The van der Waals surface area contributed by atoms with Crippen molar-refractivity contribution in [1.82, 2.24) is 9.47 Å². The zero-order valence-corrected chi connectivity index (χ0v) is 22.2. The van der Waals surface area contributed by atoms with Gasteiger partial charge in [-0.05, 0) is 56.0 Å². The topological polar surface area (TPSA) is 87.4 Å². The highest BCUT2D eigenvalue weighted by atomic mass is 32.2. The van der Waals surface area contributed by atoms with E-state index in [1.54, 1.807) is 30.0 Å². The number of nitrogens with zero attached hydrogens (tertiary/aromatic N) is 3. The van der Waals surface area contributed by atoms with Gasteiger partial charge in [-0.2, -0.15) is 5.26 Å². The molecule has 0 atom stereocenters. The first-order valence-electron chi connectivity index (χ1n) is 11.8. The van der Waals surface area contributed by atoms with Gasteiger partial charge < -0.3 is 10.1 Å². The van der Waals surface area contributed by atoms with Crippen molar-refractivity contribution in [3.05, 3.63) is 67.6 Å². The van der Waals surface area contributed by atoms with Crippen molar-refractivity contribution in [3.63, 3.8) is 0 Å². The first-order valence-corrected chi connectivity index (χ1v) is 13.0. The smallest absolute Gasteiger partial charge is 0.270 e. The van der Waals surface area contributed by atoms with Crippen LogP contribution < -0.4 is 10.9 Å². The molecule has 0 saturated carbocycles. The maximum atomic E-state index is 13.4. The van der Waals surface area contributed by atoms with Gasteiger partial charge in [0.15, 0.2) is 0 Å². The molecule has 3 rings (SSSR count). The van der Waals surface area contributed by atoms with E-state index in [4.69, 9.17) is 17.0 Å². The molecule has 1 aliphatic heterocycles. The van der Waals surface area contributed by atoms with Crippen LogP contribution in [0.2, 0.25) is 0 Å². The van der Waals surface area contributed by atoms with Crippen LogP contribution >= 0.6 is 24.0 Å². The Bertz CT molecular complexity index is 1270. The number of thiocarbonyl (C=S) groups is 1. The van der Waals surface area contributed by atoms with Gasteiger partial charge in [-0.15, -0.1) is 0 Å². The summed E-state index contributed by atoms with van der Waals surface area (Å²) in [6, 6.07) is 8.10. The lowest BCUT2D eigenvalue weighted by atomic mass is 10.0. The summed E-state index contributed by atoms with van der Waals surface area (Å²) >= 11 is 6.65. The number of hydrogen-bond donors (Lipinski definition) is 1. The Balaban J connectivity index is 2.04. The summed E-state index contributed by atoms with van der Waals surface area (Å²) in [6.07, 6.45) is 3.04. The third-order valence-electron chi connectivity index (χ3n) is 5.72. The molecule has 10 heteroatoms. The molecule has 36 heavy (non-hydrogen) atoms. The van der Waals surface area contributed by atoms with E-state index >= 15 is 0 Å². The quantitative estimate of drug-likeness (QED) is 0.254. The predicted molar refractivity (Wildman–Crippen MR) is 145 cm³/mol. The van der Waals surface area contributed by atoms with Gasteiger partial charge in [-0.3, -0.25) is 19.1 Å². The Kier molecular flexibility index (Phi) is 9.81. The fourth-order valence-corrected chi connectivity index (χ4v) is 5.16. The highest BCUT2D eigenvalue weighted by Crippen LogP contribution is 2.35. The predicted octanol–water partition coefficient (Wildman–Crippen LogP) is 4.82. The van der Waals surface area contributed by atoms with E-state index in [-0.39, 0.29) is 22.8 Å². The molecule has 2 aromatic rings. The van der Waals surface area contributed by atoms with Crippen LogP contribution in [0.25, 0.3) is 6.08 Å². The van der Waals surface area contributed by atoms with Crippen LogP contribution in [-0.2, 0) is 22.6 Å². The number of nitrogens with one attached hydrogen (secondary N) is 1. The summed E-state index contributed by atoms with van der Waals surface area (Å²) in [6.45, 7) is 7.88. The Morgan fingerprint density at radius 1 is 1.22 bits per heavy atom. The molecule has 1 aromatic carbocycles. The molecular weight excluding hydrogens is 499 g/mol. The number of amides is 1. The highest BCUT2D eigenvalue weighted by molar-refractivity contribution is 8.26. The van der Waals surface area contributed by atoms with Crippen LogP contribution in [0.3, 0.4) is 0 Å². The monoisotopic (exact) mass is 528 g/mol. The lowest BCUT2D eigenvalue weighted by Crippen LogP contribution is -2.30. The molecule has 1 fully saturated rings. The van der Waals surface area contributed by atoms with Crippen molar-refractivity contribution < 1.29 is 13.9 Å². The largest absolute Gasteiger partial charge is 0.382 e. The Morgan fingerprint density at radius 2 is 1.94 bits per heavy atom. The molecule has 0 bridgehead atoms. The number of benzene rings is 1. The third-order valence-corrected chi connectivity index (χ3v) is 7.10. The van der Waals surface area contributed by atoms with Crippen LogP contribution in [0.15, 0.2) is 34.0 Å². The summed E-state index contributed by atoms with van der Waals surface area (Å²) in [5, 5.41) is 13.0.